The molecule has 1 aromatic carbocycles. The van der Waals surface area contributed by atoms with Gasteiger partial charge in [-0.25, -0.2) is 14.5 Å². The van der Waals surface area contributed by atoms with Gasteiger partial charge in [0.1, 0.15) is 5.82 Å². The molecule has 4 rings (SSSR count). The van der Waals surface area contributed by atoms with Crippen LogP contribution >= 0.6 is 22.9 Å². The average Bonchev–Trinajstić information content (AvgIpc) is 3.63. The maximum absolute atomic E-state index is 13.5. The van der Waals surface area contributed by atoms with Crippen molar-refractivity contribution in [1.82, 2.24) is 24.7 Å². The van der Waals surface area contributed by atoms with Crippen molar-refractivity contribution in [3.8, 4) is 12.3 Å². The summed E-state index contributed by atoms with van der Waals surface area (Å²) in [5, 5.41) is 10.4. The molecule has 0 radical (unpaired) electrons. The van der Waals surface area contributed by atoms with E-state index < -0.39 is 23.6 Å². The number of esters is 1. The van der Waals surface area contributed by atoms with E-state index in [4.69, 9.17) is 32.2 Å². The maximum atomic E-state index is 13.5. The molecule has 1 N–H and O–H groups in total. The lowest BCUT2D eigenvalue weighted by Crippen LogP contribution is -2.45. The van der Waals surface area contributed by atoms with Crippen LogP contribution in [0.1, 0.15) is 32.0 Å². The number of rotatable bonds is 14. The van der Waals surface area contributed by atoms with Gasteiger partial charge < -0.3 is 19.5 Å². The Morgan fingerprint density at radius 1 is 1.27 bits per heavy atom. The normalized spacial score (nSPS) is 14.4. The molecule has 3 aromatic heterocycles. The number of aromatic nitrogens is 5. The Kier molecular flexibility index (Phi) is 10.3. The van der Waals surface area contributed by atoms with E-state index in [2.05, 4.69) is 31.3 Å². The van der Waals surface area contributed by atoms with Crippen molar-refractivity contribution in [3.63, 3.8) is 0 Å². The molecule has 3 heterocycles. The summed E-state index contributed by atoms with van der Waals surface area (Å²) in [5.74, 6) is 2.37. The third-order valence-electron chi connectivity index (χ3n) is 6.47. The van der Waals surface area contributed by atoms with Crippen molar-refractivity contribution in [1.29, 1.82) is 0 Å². The Morgan fingerprint density at radius 3 is 2.68 bits per heavy atom. The molecule has 0 saturated heterocycles. The van der Waals surface area contributed by atoms with Gasteiger partial charge in [0.2, 0.25) is 10.9 Å². The first-order valence-electron chi connectivity index (χ1n) is 13.2. The molecule has 12 heteroatoms. The van der Waals surface area contributed by atoms with Crippen molar-refractivity contribution in [3.05, 3.63) is 64.0 Å². The Hall–Kier alpha value is -3.56. The molecule has 0 saturated carbocycles. The number of nitrogens with zero attached hydrogens (tertiary/aromatic N) is 5. The molecule has 41 heavy (non-hydrogen) atoms. The van der Waals surface area contributed by atoms with E-state index in [0.29, 0.717) is 17.2 Å². The van der Waals surface area contributed by atoms with Crippen molar-refractivity contribution in [2.45, 2.75) is 51.5 Å². The molecular weight excluding hydrogens is 564 g/mol. The van der Waals surface area contributed by atoms with Crippen LogP contribution in [0.2, 0.25) is 5.28 Å². The Morgan fingerprint density at radius 2 is 2.05 bits per heavy atom. The Bertz CT molecular complexity index is 1470. The summed E-state index contributed by atoms with van der Waals surface area (Å²) in [5.41, 5.74) is 2.06. The van der Waals surface area contributed by atoms with E-state index in [-0.39, 0.29) is 37.5 Å². The summed E-state index contributed by atoms with van der Waals surface area (Å²) >= 11 is 7.60. The summed E-state index contributed by atoms with van der Waals surface area (Å²) in [6.45, 7) is 6.20. The fourth-order valence-corrected chi connectivity index (χ4v) is 5.26. The zero-order valence-electron chi connectivity index (χ0n) is 23.4. The van der Waals surface area contributed by atoms with Gasteiger partial charge in [-0.1, -0.05) is 36.3 Å². The third kappa shape index (κ3) is 7.02. The SMILES string of the molecule is C#CC(Cn1ncc2c(NC(C)C)nc(Cl)nc21)C(COC(Cc1ccccc1)(C(=O)OCC)c1cscn1)OC. The predicted molar refractivity (Wildman–Crippen MR) is 159 cm³/mol. The van der Waals surface area contributed by atoms with Crippen molar-refractivity contribution < 1.29 is 19.0 Å². The van der Waals surface area contributed by atoms with Gasteiger partial charge in [0.15, 0.2) is 5.65 Å². The largest absolute Gasteiger partial charge is 0.464 e. The molecule has 0 aliphatic carbocycles. The first-order chi connectivity index (χ1) is 19.8. The smallest absolute Gasteiger partial charge is 0.345 e. The fourth-order valence-electron chi connectivity index (χ4n) is 4.48. The van der Waals surface area contributed by atoms with E-state index in [1.165, 1.54) is 11.3 Å². The van der Waals surface area contributed by atoms with Crippen LogP contribution in [0.5, 0.6) is 0 Å². The average molecular weight is 597 g/mol. The van der Waals surface area contributed by atoms with E-state index in [9.17, 15) is 4.79 Å². The molecule has 4 aromatic rings. The molecular formula is C29H33ClN6O4S. The number of thiazole rings is 1. The van der Waals surface area contributed by atoms with Crippen LogP contribution in [0, 0.1) is 18.3 Å². The van der Waals surface area contributed by atoms with Crippen LogP contribution in [0.3, 0.4) is 0 Å². The highest BCUT2D eigenvalue weighted by Gasteiger charge is 2.46. The molecule has 0 spiro atoms. The lowest BCUT2D eigenvalue weighted by atomic mass is 9.91. The van der Waals surface area contributed by atoms with Crippen molar-refractivity contribution in [2.24, 2.45) is 5.92 Å². The Balaban J connectivity index is 1.62. The van der Waals surface area contributed by atoms with E-state index >= 15 is 0 Å². The highest BCUT2D eigenvalue weighted by molar-refractivity contribution is 7.07. The third-order valence-corrected chi connectivity index (χ3v) is 7.23. The molecule has 216 valence electrons. The summed E-state index contributed by atoms with van der Waals surface area (Å²) in [7, 11) is 1.55. The number of benzene rings is 1. The van der Waals surface area contributed by atoms with Gasteiger partial charge in [0.25, 0.3) is 0 Å². The van der Waals surface area contributed by atoms with Gasteiger partial charge in [-0.15, -0.1) is 17.8 Å². The zero-order valence-corrected chi connectivity index (χ0v) is 25.0. The highest BCUT2D eigenvalue weighted by Crippen LogP contribution is 2.33. The molecule has 0 aliphatic rings. The predicted octanol–water partition coefficient (Wildman–Crippen LogP) is 4.74. The number of carbonyl (C=O) groups is 1. The molecule has 3 unspecified atom stereocenters. The highest BCUT2D eigenvalue weighted by atomic mass is 35.5. The number of terminal acetylenes is 1. The summed E-state index contributed by atoms with van der Waals surface area (Å²) in [6, 6.07) is 9.72. The maximum Gasteiger partial charge on any atom is 0.345 e. The zero-order chi connectivity index (χ0) is 29.4. The van der Waals surface area contributed by atoms with E-state index in [1.54, 1.807) is 35.8 Å². The van der Waals surface area contributed by atoms with Gasteiger partial charge in [0.05, 0.1) is 54.6 Å². The second kappa shape index (κ2) is 13.9. The minimum absolute atomic E-state index is 0.0103. The number of halogens is 1. The topological polar surface area (TPSA) is 113 Å². The van der Waals surface area contributed by atoms with Crippen LogP contribution in [-0.4, -0.2) is 63.2 Å². The Labute approximate surface area is 248 Å². The number of anilines is 1. The minimum atomic E-state index is -1.50. The lowest BCUT2D eigenvalue weighted by molar-refractivity contribution is -0.180. The number of hydrogen-bond acceptors (Lipinski definition) is 10. The first kappa shape index (κ1) is 30.4. The van der Waals surface area contributed by atoms with Gasteiger partial charge in [-0.2, -0.15) is 15.1 Å². The number of hydrogen-bond donors (Lipinski definition) is 1. The number of carbonyl (C=O) groups excluding carboxylic acids is 1. The van der Waals surface area contributed by atoms with Crippen LogP contribution in [-0.2, 0) is 37.6 Å². The van der Waals surface area contributed by atoms with Gasteiger partial charge in [-0.05, 0) is 37.9 Å². The quantitative estimate of drug-likeness (QED) is 0.125. The molecule has 3 atom stereocenters. The molecule has 0 fully saturated rings. The number of nitrogens with one attached hydrogen (secondary N) is 1. The minimum Gasteiger partial charge on any atom is -0.464 e. The van der Waals surface area contributed by atoms with Crippen LogP contribution in [0.4, 0.5) is 5.82 Å². The van der Waals surface area contributed by atoms with Crippen molar-refractivity contribution in [2.75, 3.05) is 25.6 Å². The summed E-state index contributed by atoms with van der Waals surface area (Å²) in [4.78, 5) is 26.7. The number of methoxy groups -OCH3 is 1. The van der Waals surface area contributed by atoms with Crippen LogP contribution in [0.25, 0.3) is 11.0 Å². The molecule has 0 amide bonds. The van der Waals surface area contributed by atoms with Crippen LogP contribution < -0.4 is 5.32 Å². The van der Waals surface area contributed by atoms with E-state index in [1.807, 2.05) is 44.2 Å². The van der Waals surface area contributed by atoms with Gasteiger partial charge >= 0.3 is 5.97 Å². The summed E-state index contributed by atoms with van der Waals surface area (Å²) < 4.78 is 19.5. The number of ether oxygens (including phenoxy) is 3. The van der Waals surface area contributed by atoms with E-state index in [0.717, 1.165) is 10.9 Å². The monoisotopic (exact) mass is 596 g/mol. The summed E-state index contributed by atoms with van der Waals surface area (Å²) in [6.07, 6.45) is 7.29. The molecule has 10 nitrogen and oxygen atoms in total. The van der Waals surface area contributed by atoms with Crippen molar-refractivity contribution >= 4 is 45.8 Å². The second-order valence-corrected chi connectivity index (χ2v) is 10.7. The van der Waals surface area contributed by atoms with Gasteiger partial charge in [-0.3, -0.25) is 0 Å². The van der Waals surface area contributed by atoms with Gasteiger partial charge in [0, 0.05) is 25.0 Å². The molecule has 0 aliphatic heterocycles. The number of fused-ring (bicyclic) bond motifs is 1. The fraction of sp³-hybridized carbons (Fsp3) is 0.414. The second-order valence-electron chi connectivity index (χ2n) is 9.65. The molecule has 0 bridgehead atoms. The standard InChI is InChI=1S/C29H33ClN6O4S/c1-6-21(15-36-26-22(14-32-36)25(33-19(3)4)34-28(30)35-26)23(38-5)16-40-29(27(37)39-7-2,24-17-41-18-31-24)13-20-11-9-8-10-12-20/h1,8-12,14,17-19,21,23H,7,13,15-16H2,2-5H3,(H,33,34,35). The van der Waals surface area contributed by atoms with Crippen LogP contribution in [0.15, 0.2) is 47.4 Å². The lowest BCUT2D eigenvalue weighted by Gasteiger charge is -2.33. The first-order valence-corrected chi connectivity index (χ1v) is 14.5.